The molecule has 0 heterocycles. The highest BCUT2D eigenvalue weighted by Gasteiger charge is 2.65. The van der Waals surface area contributed by atoms with Crippen molar-refractivity contribution in [3.8, 4) is 0 Å². The second-order valence-corrected chi connectivity index (χ2v) is 12.9. The maximum atomic E-state index is 11.7. The molecule has 4 saturated carbocycles. The zero-order valence-corrected chi connectivity index (χ0v) is 20.8. The third-order valence-corrected chi connectivity index (χ3v) is 11.2. The quantitative estimate of drug-likeness (QED) is 0.519. The number of aliphatic hydroxyl groups is 3. The van der Waals surface area contributed by atoms with Crippen LogP contribution in [0.15, 0.2) is 12.2 Å². The van der Waals surface area contributed by atoms with Crippen LogP contribution in [0.2, 0.25) is 0 Å². The Morgan fingerprint density at radius 2 is 1.55 bits per heavy atom. The summed E-state index contributed by atoms with van der Waals surface area (Å²) in [6, 6.07) is 0. The minimum Gasteiger partial charge on any atom is -0.393 e. The lowest BCUT2D eigenvalue weighted by atomic mass is 9.43. The molecule has 0 amide bonds. The molecule has 4 aliphatic carbocycles. The summed E-state index contributed by atoms with van der Waals surface area (Å²) in [5, 5.41) is 33.2. The van der Waals surface area contributed by atoms with Gasteiger partial charge in [-0.3, -0.25) is 0 Å². The first-order valence-corrected chi connectivity index (χ1v) is 13.2. The second-order valence-electron chi connectivity index (χ2n) is 12.9. The molecule has 0 radical (unpaired) electrons. The molecule has 4 aliphatic rings. The summed E-state index contributed by atoms with van der Waals surface area (Å²) in [5.41, 5.74) is 0.0362. The monoisotopic (exact) mass is 432 g/mol. The first-order chi connectivity index (χ1) is 14.5. The molecule has 3 nitrogen and oxygen atoms in total. The fraction of sp³-hybridized carbons (Fsp3) is 0.929. The molecule has 0 unspecified atom stereocenters. The van der Waals surface area contributed by atoms with Crippen LogP contribution in [-0.2, 0) is 0 Å². The maximum absolute atomic E-state index is 11.7. The van der Waals surface area contributed by atoms with Crippen LogP contribution in [0.1, 0.15) is 86.5 Å². The minimum absolute atomic E-state index is 0.128. The lowest BCUT2D eigenvalue weighted by Crippen LogP contribution is -2.59. The Labute approximate surface area is 190 Å². The molecule has 0 aromatic rings. The van der Waals surface area contributed by atoms with E-state index in [2.05, 4.69) is 53.7 Å². The zero-order chi connectivity index (χ0) is 22.7. The Balaban J connectivity index is 1.59. The molecule has 0 aromatic carbocycles. The van der Waals surface area contributed by atoms with Crippen molar-refractivity contribution in [3.63, 3.8) is 0 Å². The van der Waals surface area contributed by atoms with Crippen LogP contribution >= 0.6 is 0 Å². The molecular weight excluding hydrogens is 384 g/mol. The molecule has 3 N–H and O–H groups in total. The van der Waals surface area contributed by atoms with E-state index in [1.54, 1.807) is 0 Å². The standard InChI is InChI=1S/C28H48O3/c1-16(2)17(3)7-8-18(4)26-24(30)14-23-21-10-9-19-13-20(29)11-12-27(19,5)22(21)15-25(31)28(23,26)6/h7-8,16-26,29-31H,9-15H2,1-6H3/b8-7+/t17-,18+,19-,20+,21+,22-,23-,24+,25-,26-,27-,28+/m0/s1. The largest absolute Gasteiger partial charge is 0.393 e. The van der Waals surface area contributed by atoms with E-state index in [9.17, 15) is 15.3 Å². The number of hydrogen-bond donors (Lipinski definition) is 3. The molecule has 0 bridgehead atoms. The van der Waals surface area contributed by atoms with Gasteiger partial charge < -0.3 is 15.3 Å². The highest BCUT2D eigenvalue weighted by molar-refractivity contribution is 5.16. The van der Waals surface area contributed by atoms with Gasteiger partial charge in [0.2, 0.25) is 0 Å². The summed E-state index contributed by atoms with van der Waals surface area (Å²) in [7, 11) is 0. The highest BCUT2D eigenvalue weighted by Crippen LogP contribution is 2.68. The van der Waals surface area contributed by atoms with Crippen LogP contribution in [0.25, 0.3) is 0 Å². The van der Waals surface area contributed by atoms with Gasteiger partial charge in [0, 0.05) is 5.41 Å². The normalized spacial score (nSPS) is 51.9. The van der Waals surface area contributed by atoms with Crippen LogP contribution in [0.4, 0.5) is 0 Å². The second kappa shape index (κ2) is 8.44. The smallest absolute Gasteiger partial charge is 0.0603 e. The lowest BCUT2D eigenvalue weighted by Gasteiger charge is -2.62. The maximum Gasteiger partial charge on any atom is 0.0603 e. The summed E-state index contributed by atoms with van der Waals surface area (Å²) in [4.78, 5) is 0. The van der Waals surface area contributed by atoms with Crippen molar-refractivity contribution in [2.75, 3.05) is 0 Å². The van der Waals surface area contributed by atoms with Gasteiger partial charge in [-0.25, -0.2) is 0 Å². The summed E-state index contributed by atoms with van der Waals surface area (Å²) in [6.07, 6.45) is 10.9. The SMILES string of the molecule is CC(C)[C@@H](C)/C=C/[C@@H](C)[C@H]1[C@H](O)C[C@H]2[C@@H]3CC[C@H]4C[C@H](O)CC[C@]4(C)[C@H]3C[C@H](O)[C@]12C. The van der Waals surface area contributed by atoms with Crippen LogP contribution < -0.4 is 0 Å². The molecule has 4 rings (SSSR count). The van der Waals surface area contributed by atoms with E-state index < -0.39 is 0 Å². The molecule has 0 saturated heterocycles. The Morgan fingerprint density at radius 3 is 2.23 bits per heavy atom. The van der Waals surface area contributed by atoms with E-state index in [4.69, 9.17) is 0 Å². The lowest BCUT2D eigenvalue weighted by molar-refractivity contribution is -0.174. The van der Waals surface area contributed by atoms with Gasteiger partial charge in [0.25, 0.3) is 0 Å². The van der Waals surface area contributed by atoms with Gasteiger partial charge in [-0.1, -0.05) is 53.7 Å². The minimum atomic E-state index is -0.346. The van der Waals surface area contributed by atoms with Gasteiger partial charge >= 0.3 is 0 Å². The Hall–Kier alpha value is -0.380. The van der Waals surface area contributed by atoms with Gasteiger partial charge in [0.05, 0.1) is 18.3 Å². The summed E-state index contributed by atoms with van der Waals surface area (Å²) in [5.74, 6) is 3.69. The number of fused-ring (bicyclic) bond motifs is 5. The van der Waals surface area contributed by atoms with Gasteiger partial charge in [-0.05, 0) is 97.7 Å². The number of rotatable bonds is 4. The molecule has 4 fully saturated rings. The molecule has 12 atom stereocenters. The number of hydrogen-bond acceptors (Lipinski definition) is 3. The van der Waals surface area contributed by atoms with Gasteiger partial charge in [-0.2, -0.15) is 0 Å². The van der Waals surface area contributed by atoms with Crippen LogP contribution in [0, 0.1) is 58.2 Å². The van der Waals surface area contributed by atoms with Crippen LogP contribution in [0.3, 0.4) is 0 Å². The summed E-state index contributed by atoms with van der Waals surface area (Å²) < 4.78 is 0. The van der Waals surface area contributed by atoms with Crippen molar-refractivity contribution >= 4 is 0 Å². The van der Waals surface area contributed by atoms with E-state index in [0.29, 0.717) is 35.5 Å². The molecule has 0 aromatic heterocycles. The molecule has 0 spiro atoms. The predicted molar refractivity (Wildman–Crippen MR) is 126 cm³/mol. The van der Waals surface area contributed by atoms with Crippen molar-refractivity contribution in [1.29, 1.82) is 0 Å². The molecule has 0 aliphatic heterocycles. The molecule has 31 heavy (non-hydrogen) atoms. The van der Waals surface area contributed by atoms with E-state index in [0.717, 1.165) is 32.1 Å². The third kappa shape index (κ3) is 3.75. The van der Waals surface area contributed by atoms with Gasteiger partial charge in [0.1, 0.15) is 0 Å². The first-order valence-electron chi connectivity index (χ1n) is 13.2. The topological polar surface area (TPSA) is 60.7 Å². The average molecular weight is 433 g/mol. The van der Waals surface area contributed by atoms with Crippen molar-refractivity contribution in [2.24, 2.45) is 58.2 Å². The Morgan fingerprint density at radius 1 is 0.839 bits per heavy atom. The fourth-order valence-electron chi connectivity index (χ4n) is 8.87. The summed E-state index contributed by atoms with van der Waals surface area (Å²) in [6.45, 7) is 13.8. The first kappa shape index (κ1) is 23.8. The van der Waals surface area contributed by atoms with Crippen LogP contribution in [0.5, 0.6) is 0 Å². The van der Waals surface area contributed by atoms with Gasteiger partial charge in [-0.15, -0.1) is 0 Å². The highest BCUT2D eigenvalue weighted by atomic mass is 16.3. The Bertz CT molecular complexity index is 673. The van der Waals surface area contributed by atoms with Crippen molar-refractivity contribution < 1.29 is 15.3 Å². The number of allylic oxidation sites excluding steroid dienone is 2. The van der Waals surface area contributed by atoms with E-state index in [-0.39, 0.29) is 41.0 Å². The molecular formula is C28H48O3. The zero-order valence-electron chi connectivity index (χ0n) is 20.8. The average Bonchev–Trinajstić information content (AvgIpc) is 2.99. The van der Waals surface area contributed by atoms with Crippen molar-refractivity contribution in [2.45, 2.75) is 105 Å². The van der Waals surface area contributed by atoms with E-state index >= 15 is 0 Å². The van der Waals surface area contributed by atoms with E-state index in [1.165, 1.54) is 12.8 Å². The van der Waals surface area contributed by atoms with Crippen molar-refractivity contribution in [3.05, 3.63) is 12.2 Å². The predicted octanol–water partition coefficient (Wildman–Crippen LogP) is 5.43. The summed E-state index contributed by atoms with van der Waals surface area (Å²) >= 11 is 0. The molecule has 3 heteroatoms. The molecule has 178 valence electrons. The van der Waals surface area contributed by atoms with Crippen molar-refractivity contribution in [1.82, 2.24) is 0 Å². The van der Waals surface area contributed by atoms with Gasteiger partial charge in [0.15, 0.2) is 0 Å². The fourth-order valence-corrected chi connectivity index (χ4v) is 8.87. The number of aliphatic hydroxyl groups excluding tert-OH is 3. The van der Waals surface area contributed by atoms with Crippen LogP contribution in [-0.4, -0.2) is 33.6 Å². The Kier molecular flexibility index (Phi) is 6.47. The van der Waals surface area contributed by atoms with E-state index in [1.807, 2.05) is 0 Å². The third-order valence-electron chi connectivity index (χ3n) is 11.2.